The number of amides is 1. The molecule has 2 rings (SSSR count). The number of aliphatic imine (C=N–C) groups is 1. The van der Waals surface area contributed by atoms with Gasteiger partial charge in [-0.1, -0.05) is 6.07 Å². The van der Waals surface area contributed by atoms with Gasteiger partial charge in [-0.15, -0.1) is 35.3 Å². The Balaban J connectivity index is 0.00000364. The third kappa shape index (κ3) is 6.90. The number of piperidine rings is 1. The molecule has 1 aliphatic heterocycles. The average Bonchev–Trinajstić information content (AvgIpc) is 3.11. The van der Waals surface area contributed by atoms with Crippen LogP contribution in [-0.4, -0.2) is 50.0 Å². The van der Waals surface area contributed by atoms with Crippen molar-refractivity contribution in [3.8, 4) is 0 Å². The van der Waals surface area contributed by atoms with E-state index in [2.05, 4.69) is 45.1 Å². The van der Waals surface area contributed by atoms with E-state index in [0.29, 0.717) is 18.5 Å². The lowest BCUT2D eigenvalue weighted by Gasteiger charge is -2.39. The van der Waals surface area contributed by atoms with Crippen molar-refractivity contribution in [2.24, 2.45) is 22.1 Å². The maximum absolute atomic E-state index is 11.5. The second-order valence-electron chi connectivity index (χ2n) is 7.67. The molecule has 2 unspecified atom stereocenters. The van der Waals surface area contributed by atoms with Gasteiger partial charge in [0.25, 0.3) is 0 Å². The molecule has 1 amide bonds. The highest BCUT2D eigenvalue weighted by atomic mass is 127. The van der Waals surface area contributed by atoms with Gasteiger partial charge in [0.1, 0.15) is 0 Å². The van der Waals surface area contributed by atoms with E-state index in [4.69, 9.17) is 5.73 Å². The van der Waals surface area contributed by atoms with Gasteiger partial charge in [-0.3, -0.25) is 14.7 Å². The molecule has 0 saturated carbocycles. The number of halogens is 1. The highest BCUT2D eigenvalue weighted by Crippen LogP contribution is 2.36. The number of thiophene rings is 1. The molecule has 1 aromatic heterocycles. The number of hydrogen-bond donors (Lipinski definition) is 3. The first-order chi connectivity index (χ1) is 12.3. The summed E-state index contributed by atoms with van der Waals surface area (Å²) in [6, 6.07) is 4.81. The van der Waals surface area contributed by atoms with Crippen LogP contribution >= 0.6 is 35.3 Å². The lowest BCUT2D eigenvalue weighted by atomic mass is 9.88. The minimum atomic E-state index is -0.646. The Morgan fingerprint density at radius 3 is 2.78 bits per heavy atom. The van der Waals surface area contributed by atoms with Gasteiger partial charge in [-0.2, -0.15) is 0 Å². The summed E-state index contributed by atoms with van der Waals surface area (Å²) >= 11 is 1.83. The number of guanidine groups is 1. The van der Waals surface area contributed by atoms with Crippen LogP contribution in [0.15, 0.2) is 22.5 Å². The summed E-state index contributed by atoms with van der Waals surface area (Å²) in [4.78, 5) is 20.0. The van der Waals surface area contributed by atoms with E-state index in [0.717, 1.165) is 25.6 Å². The SMILES string of the molecule is CCNC(=NCC(C)(C)C(N)=O)NCC1CCCN(C)C1c1cccs1.I. The van der Waals surface area contributed by atoms with Crippen molar-refractivity contribution in [3.63, 3.8) is 0 Å². The quantitative estimate of drug-likeness (QED) is 0.301. The summed E-state index contributed by atoms with van der Waals surface area (Å²) < 4.78 is 0. The Bertz CT molecular complexity index is 605. The molecule has 154 valence electrons. The standard InChI is InChI=1S/C19H33N5OS.HI/c1-5-21-18(23-13-19(2,3)17(20)25)22-12-14-8-6-10-24(4)16(14)15-9-7-11-26-15;/h7,9,11,14,16H,5-6,8,10,12-13H2,1-4H3,(H2,20,25)(H2,21,22,23);1H. The fraction of sp³-hybridized carbons (Fsp3) is 0.684. The van der Waals surface area contributed by atoms with Gasteiger partial charge >= 0.3 is 0 Å². The molecule has 2 atom stereocenters. The number of nitrogens with two attached hydrogens (primary N) is 1. The molecule has 27 heavy (non-hydrogen) atoms. The highest BCUT2D eigenvalue weighted by Gasteiger charge is 2.31. The maximum atomic E-state index is 11.5. The molecule has 4 N–H and O–H groups in total. The molecule has 0 aliphatic carbocycles. The van der Waals surface area contributed by atoms with Gasteiger partial charge < -0.3 is 16.4 Å². The molecule has 1 aromatic rings. The largest absolute Gasteiger partial charge is 0.369 e. The van der Waals surface area contributed by atoms with Gasteiger partial charge in [0.05, 0.1) is 12.0 Å². The molecule has 2 heterocycles. The third-order valence-electron chi connectivity index (χ3n) is 5.02. The van der Waals surface area contributed by atoms with Gasteiger partial charge in [0.2, 0.25) is 5.91 Å². The van der Waals surface area contributed by atoms with E-state index < -0.39 is 5.41 Å². The summed E-state index contributed by atoms with van der Waals surface area (Å²) in [7, 11) is 2.21. The third-order valence-corrected chi connectivity index (χ3v) is 5.96. The van der Waals surface area contributed by atoms with Crippen molar-refractivity contribution in [2.75, 3.05) is 33.2 Å². The zero-order valence-electron chi connectivity index (χ0n) is 16.8. The first kappa shape index (κ1) is 24.2. The summed E-state index contributed by atoms with van der Waals surface area (Å²) in [5.41, 5.74) is 4.81. The normalized spacial score (nSPS) is 21.4. The van der Waals surface area contributed by atoms with Crippen LogP contribution in [0.25, 0.3) is 0 Å². The van der Waals surface area contributed by atoms with Crippen molar-refractivity contribution in [1.82, 2.24) is 15.5 Å². The van der Waals surface area contributed by atoms with Crippen LogP contribution in [-0.2, 0) is 4.79 Å². The number of nitrogens with zero attached hydrogens (tertiary/aromatic N) is 2. The predicted molar refractivity (Wildman–Crippen MR) is 125 cm³/mol. The molecular formula is C19H34IN5OS. The zero-order chi connectivity index (χ0) is 19.2. The minimum absolute atomic E-state index is 0. The number of rotatable bonds is 7. The lowest BCUT2D eigenvalue weighted by molar-refractivity contribution is -0.125. The maximum Gasteiger partial charge on any atom is 0.224 e. The van der Waals surface area contributed by atoms with Gasteiger partial charge in [0, 0.05) is 24.0 Å². The second-order valence-corrected chi connectivity index (χ2v) is 8.65. The minimum Gasteiger partial charge on any atom is -0.369 e. The monoisotopic (exact) mass is 507 g/mol. The highest BCUT2D eigenvalue weighted by molar-refractivity contribution is 14.0. The smallest absolute Gasteiger partial charge is 0.224 e. The summed E-state index contributed by atoms with van der Waals surface area (Å²) in [6.45, 7) is 8.84. The Labute approximate surface area is 184 Å². The molecule has 1 saturated heterocycles. The lowest BCUT2D eigenvalue weighted by Crippen LogP contribution is -2.45. The van der Waals surface area contributed by atoms with Crippen LogP contribution in [0.2, 0.25) is 0 Å². The molecule has 0 bridgehead atoms. The fourth-order valence-electron chi connectivity index (χ4n) is 3.31. The number of primary amides is 1. The van der Waals surface area contributed by atoms with Crippen molar-refractivity contribution in [3.05, 3.63) is 22.4 Å². The van der Waals surface area contributed by atoms with Crippen molar-refractivity contribution >= 4 is 47.2 Å². The summed E-state index contributed by atoms with van der Waals surface area (Å²) in [5, 5.41) is 8.90. The second kappa shape index (κ2) is 11.2. The first-order valence-electron chi connectivity index (χ1n) is 9.41. The average molecular weight is 507 g/mol. The molecule has 6 nitrogen and oxygen atoms in total. The number of hydrogen-bond acceptors (Lipinski definition) is 4. The Kier molecular flexibility index (Phi) is 10.0. The van der Waals surface area contributed by atoms with E-state index >= 15 is 0 Å². The van der Waals surface area contributed by atoms with E-state index in [1.54, 1.807) is 0 Å². The van der Waals surface area contributed by atoms with Crippen molar-refractivity contribution < 1.29 is 4.79 Å². The number of carbonyl (C=O) groups excluding carboxylic acids is 1. The Morgan fingerprint density at radius 1 is 1.44 bits per heavy atom. The van der Waals surface area contributed by atoms with E-state index in [1.807, 2.05) is 32.1 Å². The molecule has 1 fully saturated rings. The van der Waals surface area contributed by atoms with Crippen molar-refractivity contribution in [1.29, 1.82) is 0 Å². The topological polar surface area (TPSA) is 82.7 Å². The summed E-state index contributed by atoms with van der Waals surface area (Å²) in [5.74, 6) is 0.948. The van der Waals surface area contributed by atoms with Crippen molar-refractivity contribution in [2.45, 2.75) is 39.7 Å². The van der Waals surface area contributed by atoms with Crippen LogP contribution in [0.5, 0.6) is 0 Å². The number of carbonyl (C=O) groups is 1. The van der Waals surface area contributed by atoms with Crippen LogP contribution in [0.1, 0.15) is 44.5 Å². The molecule has 0 aromatic carbocycles. The van der Waals surface area contributed by atoms with Gasteiger partial charge in [0.15, 0.2) is 5.96 Å². The van der Waals surface area contributed by atoms with Gasteiger partial charge in [-0.25, -0.2) is 0 Å². The predicted octanol–water partition coefficient (Wildman–Crippen LogP) is 2.82. The molecule has 1 aliphatic rings. The summed E-state index contributed by atoms with van der Waals surface area (Å²) in [6.07, 6.45) is 2.42. The van der Waals surface area contributed by atoms with Crippen LogP contribution in [0.4, 0.5) is 0 Å². The van der Waals surface area contributed by atoms with E-state index in [1.165, 1.54) is 17.7 Å². The van der Waals surface area contributed by atoms with Crippen LogP contribution in [0.3, 0.4) is 0 Å². The van der Waals surface area contributed by atoms with Gasteiger partial charge in [-0.05, 0) is 64.6 Å². The molecule has 8 heteroatoms. The number of likely N-dealkylation sites (tertiary alicyclic amines) is 1. The van der Waals surface area contributed by atoms with Crippen LogP contribution in [0, 0.1) is 11.3 Å². The molecule has 0 spiro atoms. The Morgan fingerprint density at radius 2 is 2.19 bits per heavy atom. The molecular weight excluding hydrogens is 473 g/mol. The zero-order valence-corrected chi connectivity index (χ0v) is 20.0. The Hall–Kier alpha value is -0.870. The van der Waals surface area contributed by atoms with Crippen LogP contribution < -0.4 is 16.4 Å². The fourth-order valence-corrected chi connectivity index (χ4v) is 4.29. The first-order valence-corrected chi connectivity index (χ1v) is 10.3. The van der Waals surface area contributed by atoms with E-state index in [-0.39, 0.29) is 29.9 Å². The molecule has 0 radical (unpaired) electrons. The number of nitrogens with one attached hydrogen (secondary N) is 2. The van der Waals surface area contributed by atoms with E-state index in [9.17, 15) is 4.79 Å².